The van der Waals surface area contributed by atoms with Gasteiger partial charge in [-0.25, -0.2) is 4.98 Å². The second-order valence-corrected chi connectivity index (χ2v) is 8.70. The van der Waals surface area contributed by atoms with Crippen molar-refractivity contribution < 1.29 is 19.0 Å². The van der Waals surface area contributed by atoms with Crippen LogP contribution in [-0.2, 0) is 6.42 Å². The highest BCUT2D eigenvalue weighted by molar-refractivity contribution is 5.94. The number of hydrogen-bond acceptors (Lipinski definition) is 8. The second kappa shape index (κ2) is 10.9. The fraction of sp³-hybridized carbons (Fsp3) is 0.138. The summed E-state index contributed by atoms with van der Waals surface area (Å²) in [6.45, 7) is 1.96. The summed E-state index contributed by atoms with van der Waals surface area (Å²) >= 11 is 0. The van der Waals surface area contributed by atoms with Gasteiger partial charge in [0.25, 0.3) is 11.8 Å². The number of nitrogens with one attached hydrogen (secondary N) is 1. The molecule has 0 saturated heterocycles. The smallest absolute Gasteiger partial charge is 0.327 e. The fourth-order valence-electron chi connectivity index (χ4n) is 3.73. The van der Waals surface area contributed by atoms with Gasteiger partial charge in [-0.15, -0.1) is 0 Å². The number of amides is 1. The lowest BCUT2D eigenvalue weighted by atomic mass is 10.2. The summed E-state index contributed by atoms with van der Waals surface area (Å²) in [4.78, 5) is 30.5. The van der Waals surface area contributed by atoms with Crippen LogP contribution in [0.2, 0.25) is 0 Å². The number of fused-ring (bicyclic) bond motifs is 1. The van der Waals surface area contributed by atoms with E-state index in [1.807, 2.05) is 37.3 Å². The van der Waals surface area contributed by atoms with Gasteiger partial charge in [-0.2, -0.15) is 15.2 Å². The Morgan fingerprint density at radius 1 is 0.872 bits per heavy atom. The summed E-state index contributed by atoms with van der Waals surface area (Å²) in [5.74, 6) is 2.42. The molecule has 194 valence electrons. The number of aromatic nitrogens is 4. The zero-order chi connectivity index (χ0) is 27.4. The lowest BCUT2D eigenvalue weighted by Gasteiger charge is -2.12. The molecule has 1 N–H and O–H groups in total. The maximum absolute atomic E-state index is 12.4. The standard InChI is InChI=1S/C29H24N6O4/c1-4-24-31-25-26(32-24)33-29(39-21-12-8-9-19(15-21)28(36)35(2)3)34-27(25)38-23-14-18(17-30)13-22(16-23)37-20-10-6-5-7-11-20/h5-16H,4H2,1-3H3,(H,31,32,33,34). The molecule has 10 heteroatoms. The van der Waals surface area contributed by atoms with E-state index in [4.69, 9.17) is 14.2 Å². The monoisotopic (exact) mass is 520 g/mol. The van der Waals surface area contributed by atoms with Crippen molar-refractivity contribution in [1.29, 1.82) is 5.26 Å². The van der Waals surface area contributed by atoms with E-state index in [1.165, 1.54) is 4.90 Å². The van der Waals surface area contributed by atoms with Gasteiger partial charge >= 0.3 is 6.01 Å². The number of carbonyl (C=O) groups excluding carboxylic acids is 1. The first-order valence-corrected chi connectivity index (χ1v) is 12.1. The molecule has 0 aliphatic heterocycles. The molecule has 39 heavy (non-hydrogen) atoms. The number of hydrogen-bond donors (Lipinski definition) is 1. The van der Waals surface area contributed by atoms with Crippen LogP contribution in [0.25, 0.3) is 11.2 Å². The summed E-state index contributed by atoms with van der Waals surface area (Å²) in [6, 6.07) is 22.9. The first-order valence-electron chi connectivity index (χ1n) is 12.1. The fourth-order valence-corrected chi connectivity index (χ4v) is 3.73. The SMILES string of the molecule is CCc1nc2c(Oc3cc(C#N)cc(Oc4ccccc4)c3)nc(Oc3cccc(C(=O)N(C)C)c3)nc2[nH]1. The molecule has 3 aromatic carbocycles. The van der Waals surface area contributed by atoms with Crippen LogP contribution in [-0.4, -0.2) is 44.8 Å². The molecule has 0 unspecified atom stereocenters. The Hall–Kier alpha value is -5.43. The Balaban J connectivity index is 1.50. The number of rotatable bonds is 8. The van der Waals surface area contributed by atoms with Crippen LogP contribution in [0, 0.1) is 11.3 Å². The van der Waals surface area contributed by atoms with Crippen LogP contribution >= 0.6 is 0 Å². The predicted octanol–water partition coefficient (Wildman–Crippen LogP) is 5.87. The number of H-pyrrole nitrogens is 1. The van der Waals surface area contributed by atoms with Crippen LogP contribution in [0.3, 0.4) is 0 Å². The molecule has 0 atom stereocenters. The Kier molecular flexibility index (Phi) is 7.05. The van der Waals surface area contributed by atoms with Crippen molar-refractivity contribution in [3.05, 3.63) is 89.7 Å². The van der Waals surface area contributed by atoms with Gasteiger partial charge in [0.2, 0.25) is 0 Å². The van der Waals surface area contributed by atoms with Crippen LogP contribution < -0.4 is 14.2 Å². The summed E-state index contributed by atoms with van der Waals surface area (Å²) in [5.41, 5.74) is 1.64. The molecule has 0 bridgehead atoms. The van der Waals surface area contributed by atoms with Crippen LogP contribution in [0.15, 0.2) is 72.8 Å². The number of nitriles is 1. The van der Waals surface area contributed by atoms with Gasteiger partial charge in [0.1, 0.15) is 28.8 Å². The molecule has 0 aliphatic rings. The van der Waals surface area contributed by atoms with Crippen molar-refractivity contribution in [3.8, 4) is 41.0 Å². The molecule has 5 rings (SSSR count). The van der Waals surface area contributed by atoms with E-state index in [2.05, 4.69) is 26.0 Å². The van der Waals surface area contributed by atoms with Gasteiger partial charge in [-0.3, -0.25) is 4.79 Å². The number of imidazole rings is 1. The highest BCUT2D eigenvalue weighted by Gasteiger charge is 2.18. The van der Waals surface area contributed by atoms with Crippen LogP contribution in [0.1, 0.15) is 28.7 Å². The predicted molar refractivity (Wildman–Crippen MR) is 143 cm³/mol. The molecular weight excluding hydrogens is 496 g/mol. The van der Waals surface area contributed by atoms with Gasteiger partial charge in [0, 0.05) is 32.1 Å². The second-order valence-electron chi connectivity index (χ2n) is 8.70. The van der Waals surface area contributed by atoms with Gasteiger partial charge in [0.15, 0.2) is 11.2 Å². The first-order chi connectivity index (χ1) is 18.9. The molecule has 0 radical (unpaired) electrons. The minimum absolute atomic E-state index is 0.00421. The number of ether oxygens (including phenoxy) is 3. The van der Waals surface area contributed by atoms with Crippen LogP contribution in [0.5, 0.6) is 34.9 Å². The molecule has 2 heterocycles. The molecule has 0 spiro atoms. The average molecular weight is 521 g/mol. The van der Waals surface area contributed by atoms with E-state index in [1.54, 1.807) is 56.6 Å². The lowest BCUT2D eigenvalue weighted by Crippen LogP contribution is -2.21. The molecule has 5 aromatic rings. The third-order valence-corrected chi connectivity index (χ3v) is 5.57. The normalized spacial score (nSPS) is 10.6. The highest BCUT2D eigenvalue weighted by atomic mass is 16.5. The van der Waals surface area contributed by atoms with Crippen LogP contribution in [0.4, 0.5) is 0 Å². The number of nitrogens with zero attached hydrogens (tertiary/aromatic N) is 5. The van der Waals surface area contributed by atoms with Crippen molar-refractivity contribution in [1.82, 2.24) is 24.8 Å². The topological polar surface area (TPSA) is 126 Å². The Bertz CT molecular complexity index is 1690. The molecule has 2 aromatic heterocycles. The van der Waals surface area contributed by atoms with Crippen molar-refractivity contribution in [2.24, 2.45) is 0 Å². The van der Waals surface area contributed by atoms with Gasteiger partial charge < -0.3 is 24.1 Å². The Labute approximate surface area is 224 Å². The van der Waals surface area contributed by atoms with E-state index in [0.717, 1.165) is 0 Å². The third kappa shape index (κ3) is 5.78. The maximum Gasteiger partial charge on any atom is 0.327 e. The number of aromatic amines is 1. The summed E-state index contributed by atoms with van der Waals surface area (Å²) < 4.78 is 18.0. The molecule has 10 nitrogen and oxygen atoms in total. The molecule has 0 fully saturated rings. The largest absolute Gasteiger partial charge is 0.457 e. The van der Waals surface area contributed by atoms with Crippen molar-refractivity contribution in [3.63, 3.8) is 0 Å². The zero-order valence-corrected chi connectivity index (χ0v) is 21.5. The zero-order valence-electron chi connectivity index (χ0n) is 21.5. The molecule has 0 aliphatic carbocycles. The molecule has 0 saturated carbocycles. The van der Waals surface area contributed by atoms with E-state index in [-0.39, 0.29) is 17.8 Å². The summed E-state index contributed by atoms with van der Waals surface area (Å²) in [5, 5.41) is 9.58. The quantitative estimate of drug-likeness (QED) is 0.269. The van der Waals surface area contributed by atoms with E-state index >= 15 is 0 Å². The maximum atomic E-state index is 12.4. The van der Waals surface area contributed by atoms with E-state index in [9.17, 15) is 10.1 Å². The Morgan fingerprint density at radius 2 is 1.62 bits per heavy atom. The van der Waals surface area contributed by atoms with Gasteiger partial charge in [-0.1, -0.05) is 31.2 Å². The minimum Gasteiger partial charge on any atom is -0.457 e. The van der Waals surface area contributed by atoms with E-state index in [0.29, 0.717) is 57.5 Å². The molecular formula is C29H24N6O4. The Morgan fingerprint density at radius 3 is 2.33 bits per heavy atom. The average Bonchev–Trinajstić information content (AvgIpc) is 3.37. The van der Waals surface area contributed by atoms with Crippen molar-refractivity contribution in [2.75, 3.05) is 14.1 Å². The van der Waals surface area contributed by atoms with Gasteiger partial charge in [-0.05, 0) is 42.5 Å². The number of carbonyl (C=O) groups is 1. The highest BCUT2D eigenvalue weighted by Crippen LogP contribution is 2.33. The summed E-state index contributed by atoms with van der Waals surface area (Å²) in [6.07, 6.45) is 0.639. The minimum atomic E-state index is -0.159. The van der Waals surface area contributed by atoms with Crippen molar-refractivity contribution >= 4 is 17.1 Å². The molecule has 1 amide bonds. The number of para-hydroxylation sites is 1. The summed E-state index contributed by atoms with van der Waals surface area (Å²) in [7, 11) is 3.36. The third-order valence-electron chi connectivity index (χ3n) is 5.57. The van der Waals surface area contributed by atoms with Crippen molar-refractivity contribution in [2.45, 2.75) is 13.3 Å². The van der Waals surface area contributed by atoms with E-state index < -0.39 is 0 Å². The first kappa shape index (κ1) is 25.2. The number of aryl methyl sites for hydroxylation is 1. The van der Waals surface area contributed by atoms with Gasteiger partial charge in [0.05, 0.1) is 11.6 Å². The number of benzene rings is 3. The lowest BCUT2D eigenvalue weighted by molar-refractivity contribution is 0.0827.